The number of fused-ring (bicyclic) bond motifs is 1. The molecule has 0 aliphatic carbocycles. The Bertz CT molecular complexity index is 857. The highest BCUT2D eigenvalue weighted by atomic mass is 16.5. The fourth-order valence-corrected chi connectivity index (χ4v) is 4.21. The van der Waals surface area contributed by atoms with Crippen LogP contribution in [0, 0.1) is 0 Å². The highest BCUT2D eigenvalue weighted by molar-refractivity contribution is 5.93. The van der Waals surface area contributed by atoms with Crippen molar-refractivity contribution in [1.29, 1.82) is 0 Å². The monoisotopic (exact) mass is 393 g/mol. The minimum absolute atomic E-state index is 0.0742. The molecule has 0 bridgehead atoms. The Kier molecular flexibility index (Phi) is 6.16. The van der Waals surface area contributed by atoms with Gasteiger partial charge in [0, 0.05) is 44.8 Å². The Labute approximate surface area is 173 Å². The molecule has 0 saturated carbocycles. The minimum atomic E-state index is 0.0742. The molecule has 1 amide bonds. The van der Waals surface area contributed by atoms with Crippen LogP contribution in [-0.2, 0) is 17.8 Å². The average Bonchev–Trinajstić information content (AvgIpc) is 3.17. The number of piperazine rings is 1. The second kappa shape index (κ2) is 8.97. The minimum Gasteiger partial charge on any atom is -0.493 e. The molecular weight excluding hydrogens is 362 g/mol. The molecule has 4 rings (SSSR count). The van der Waals surface area contributed by atoms with Crippen LogP contribution in [0.5, 0.6) is 5.75 Å². The molecule has 154 valence electrons. The Balaban J connectivity index is 1.25. The summed E-state index contributed by atoms with van der Waals surface area (Å²) in [4.78, 5) is 17.3. The van der Waals surface area contributed by atoms with Gasteiger partial charge >= 0.3 is 0 Å². The zero-order valence-corrected chi connectivity index (χ0v) is 17.5. The first-order chi connectivity index (χ1) is 14.1. The molecule has 2 heterocycles. The van der Waals surface area contributed by atoms with Crippen molar-refractivity contribution in [2.24, 2.45) is 0 Å². The molecule has 1 N–H and O–H groups in total. The lowest BCUT2D eigenvalue weighted by atomic mass is 10.0. The van der Waals surface area contributed by atoms with Gasteiger partial charge in [-0.2, -0.15) is 0 Å². The lowest BCUT2D eigenvalue weighted by Crippen LogP contribution is -2.48. The summed E-state index contributed by atoms with van der Waals surface area (Å²) in [5.74, 6) is 1.51. The van der Waals surface area contributed by atoms with Gasteiger partial charge in [0.1, 0.15) is 5.75 Å². The maximum Gasteiger partial charge on any atom is 0.238 e. The number of carbonyl (C=O) groups excluding carboxylic acids is 1. The van der Waals surface area contributed by atoms with Crippen molar-refractivity contribution in [2.45, 2.75) is 32.7 Å². The zero-order valence-electron chi connectivity index (χ0n) is 17.5. The van der Waals surface area contributed by atoms with Crippen molar-refractivity contribution >= 4 is 11.6 Å². The number of nitrogens with one attached hydrogen (secondary N) is 1. The van der Waals surface area contributed by atoms with Crippen molar-refractivity contribution in [2.75, 3.05) is 44.6 Å². The van der Waals surface area contributed by atoms with Gasteiger partial charge in [-0.25, -0.2) is 0 Å². The Morgan fingerprint density at radius 1 is 1.07 bits per heavy atom. The van der Waals surface area contributed by atoms with Crippen LogP contribution in [-0.4, -0.2) is 55.0 Å². The lowest BCUT2D eigenvalue weighted by Gasteiger charge is -2.34. The molecule has 29 heavy (non-hydrogen) atoms. The van der Waals surface area contributed by atoms with E-state index in [9.17, 15) is 4.79 Å². The molecule has 5 heteroatoms. The van der Waals surface area contributed by atoms with E-state index in [1.54, 1.807) is 0 Å². The van der Waals surface area contributed by atoms with E-state index in [1.165, 1.54) is 16.7 Å². The third kappa shape index (κ3) is 4.98. The van der Waals surface area contributed by atoms with Gasteiger partial charge in [0.25, 0.3) is 0 Å². The number of para-hydroxylation sites is 1. The van der Waals surface area contributed by atoms with Gasteiger partial charge in [0.05, 0.1) is 13.2 Å². The van der Waals surface area contributed by atoms with Crippen LogP contribution in [0.3, 0.4) is 0 Å². The quantitative estimate of drug-likeness (QED) is 0.816. The van der Waals surface area contributed by atoms with Gasteiger partial charge in [-0.05, 0) is 34.7 Å². The summed E-state index contributed by atoms with van der Waals surface area (Å²) >= 11 is 0. The number of ether oxygens (including phenoxy) is 1. The topological polar surface area (TPSA) is 44.8 Å². The third-order valence-electron chi connectivity index (χ3n) is 5.85. The molecule has 2 aromatic rings. The van der Waals surface area contributed by atoms with Crippen molar-refractivity contribution in [1.82, 2.24) is 9.80 Å². The summed E-state index contributed by atoms with van der Waals surface area (Å²) in [6.07, 6.45) is 1.02. The number of hydrogen-bond acceptors (Lipinski definition) is 4. The molecule has 2 aromatic carbocycles. The van der Waals surface area contributed by atoms with Crippen LogP contribution < -0.4 is 10.1 Å². The molecule has 0 unspecified atom stereocenters. The molecule has 2 aliphatic heterocycles. The number of nitrogens with zero attached hydrogens (tertiary/aromatic N) is 2. The van der Waals surface area contributed by atoms with Crippen LogP contribution in [0.25, 0.3) is 0 Å². The lowest BCUT2D eigenvalue weighted by molar-refractivity contribution is -0.117. The van der Waals surface area contributed by atoms with Gasteiger partial charge in [-0.15, -0.1) is 0 Å². The molecule has 2 aliphatic rings. The summed E-state index contributed by atoms with van der Waals surface area (Å²) in [7, 11) is 0. The predicted octanol–water partition coefficient (Wildman–Crippen LogP) is 3.50. The number of amides is 1. The number of hydrogen-bond donors (Lipinski definition) is 1. The highest BCUT2D eigenvalue weighted by Gasteiger charge is 2.20. The van der Waals surface area contributed by atoms with E-state index in [0.717, 1.165) is 57.2 Å². The summed E-state index contributed by atoms with van der Waals surface area (Å²) in [5, 5.41) is 3.11. The van der Waals surface area contributed by atoms with Gasteiger partial charge in [-0.3, -0.25) is 14.6 Å². The molecule has 0 radical (unpaired) electrons. The Morgan fingerprint density at radius 3 is 2.62 bits per heavy atom. The number of anilines is 1. The van der Waals surface area contributed by atoms with E-state index in [0.29, 0.717) is 12.5 Å². The maximum atomic E-state index is 12.6. The van der Waals surface area contributed by atoms with Crippen LogP contribution >= 0.6 is 0 Å². The standard InChI is InChI=1S/C24H31N3O2/c1-18(2)21-5-3-4-6-22(21)25-24(28)17-27-12-10-26(11-13-27)16-19-7-8-23-20(15-19)9-14-29-23/h3-8,15,18H,9-14,16-17H2,1-2H3,(H,25,28). The summed E-state index contributed by atoms with van der Waals surface area (Å²) in [5.41, 5.74) is 4.81. The molecule has 0 aromatic heterocycles. The van der Waals surface area contributed by atoms with E-state index in [-0.39, 0.29) is 5.91 Å². The van der Waals surface area contributed by atoms with Crippen LogP contribution in [0.2, 0.25) is 0 Å². The zero-order chi connectivity index (χ0) is 20.2. The van der Waals surface area contributed by atoms with E-state index < -0.39 is 0 Å². The van der Waals surface area contributed by atoms with E-state index in [2.05, 4.69) is 53.2 Å². The first kappa shape index (κ1) is 19.9. The number of rotatable bonds is 6. The van der Waals surface area contributed by atoms with Gasteiger partial charge in [0.2, 0.25) is 5.91 Å². The molecular formula is C24H31N3O2. The molecule has 1 saturated heterocycles. The second-order valence-corrected chi connectivity index (χ2v) is 8.38. The highest BCUT2D eigenvalue weighted by Crippen LogP contribution is 2.26. The summed E-state index contributed by atoms with van der Waals surface area (Å²) in [6, 6.07) is 14.7. The smallest absolute Gasteiger partial charge is 0.238 e. The molecule has 0 spiro atoms. The number of carbonyl (C=O) groups is 1. The Hall–Kier alpha value is -2.37. The van der Waals surface area contributed by atoms with Crippen molar-refractivity contribution < 1.29 is 9.53 Å². The van der Waals surface area contributed by atoms with Crippen molar-refractivity contribution in [3.05, 3.63) is 59.2 Å². The first-order valence-corrected chi connectivity index (χ1v) is 10.7. The normalized spacial score (nSPS) is 17.2. The second-order valence-electron chi connectivity index (χ2n) is 8.38. The van der Waals surface area contributed by atoms with Gasteiger partial charge in [0.15, 0.2) is 0 Å². The summed E-state index contributed by atoms with van der Waals surface area (Å²) < 4.78 is 5.60. The fourth-order valence-electron chi connectivity index (χ4n) is 4.21. The first-order valence-electron chi connectivity index (χ1n) is 10.7. The van der Waals surface area contributed by atoms with Crippen molar-refractivity contribution in [3.63, 3.8) is 0 Å². The molecule has 0 atom stereocenters. The number of benzene rings is 2. The predicted molar refractivity (Wildman–Crippen MR) is 117 cm³/mol. The third-order valence-corrected chi connectivity index (χ3v) is 5.85. The van der Waals surface area contributed by atoms with Crippen molar-refractivity contribution in [3.8, 4) is 5.75 Å². The average molecular weight is 394 g/mol. The van der Waals surface area contributed by atoms with Gasteiger partial charge < -0.3 is 10.1 Å². The van der Waals surface area contributed by atoms with E-state index >= 15 is 0 Å². The van der Waals surface area contributed by atoms with E-state index in [4.69, 9.17) is 4.74 Å². The van der Waals surface area contributed by atoms with Crippen LogP contribution in [0.1, 0.15) is 36.5 Å². The van der Waals surface area contributed by atoms with Gasteiger partial charge in [-0.1, -0.05) is 44.2 Å². The van der Waals surface area contributed by atoms with Crippen LogP contribution in [0.4, 0.5) is 5.69 Å². The largest absolute Gasteiger partial charge is 0.493 e. The molecule has 1 fully saturated rings. The SMILES string of the molecule is CC(C)c1ccccc1NC(=O)CN1CCN(Cc2ccc3c(c2)CCO3)CC1. The summed E-state index contributed by atoms with van der Waals surface area (Å²) in [6.45, 7) is 10.4. The van der Waals surface area contributed by atoms with E-state index in [1.807, 2.05) is 18.2 Å². The van der Waals surface area contributed by atoms with Crippen LogP contribution in [0.15, 0.2) is 42.5 Å². The Morgan fingerprint density at radius 2 is 1.83 bits per heavy atom. The maximum absolute atomic E-state index is 12.6. The fraction of sp³-hybridized carbons (Fsp3) is 0.458. The molecule has 5 nitrogen and oxygen atoms in total.